The Morgan fingerprint density at radius 1 is 0.893 bits per heavy atom. The molecule has 1 aliphatic rings. The van der Waals surface area contributed by atoms with Crippen molar-refractivity contribution in [3.63, 3.8) is 0 Å². The van der Waals surface area contributed by atoms with E-state index in [-0.39, 0.29) is 6.17 Å². The van der Waals surface area contributed by atoms with Gasteiger partial charge >= 0.3 is 0 Å². The summed E-state index contributed by atoms with van der Waals surface area (Å²) in [7, 11) is 0. The standard InChI is InChI=1S/C24H28N4/c1-3-18(2)27-22-15-9-10-16-23(22)28(19-11-5-4-6-12-19)24(27)17-26-21-14-8-7-13-20(21)25/h4-16,18,24,26H,3,17,25H2,1-2H3. The molecule has 1 aliphatic heterocycles. The number of rotatable bonds is 6. The van der Waals surface area contributed by atoms with E-state index >= 15 is 0 Å². The van der Waals surface area contributed by atoms with Crippen molar-refractivity contribution in [1.29, 1.82) is 0 Å². The molecule has 0 bridgehead atoms. The number of nitrogen functional groups attached to an aromatic ring is 1. The van der Waals surface area contributed by atoms with Gasteiger partial charge in [0.1, 0.15) is 6.17 Å². The summed E-state index contributed by atoms with van der Waals surface area (Å²) in [6.07, 6.45) is 1.25. The number of nitrogens with zero attached hydrogens (tertiary/aromatic N) is 2. The highest BCUT2D eigenvalue weighted by Gasteiger charge is 2.38. The molecule has 0 aromatic heterocycles. The summed E-state index contributed by atoms with van der Waals surface area (Å²) < 4.78 is 0. The van der Waals surface area contributed by atoms with Crippen LogP contribution in [0.5, 0.6) is 0 Å². The van der Waals surface area contributed by atoms with Crippen LogP contribution >= 0.6 is 0 Å². The maximum atomic E-state index is 6.17. The van der Waals surface area contributed by atoms with Gasteiger partial charge in [-0.3, -0.25) is 0 Å². The molecule has 0 fully saturated rings. The van der Waals surface area contributed by atoms with Gasteiger partial charge in [0, 0.05) is 11.7 Å². The SMILES string of the molecule is CCC(C)N1c2ccccc2N(c2ccccc2)C1CNc1ccccc1N. The van der Waals surface area contributed by atoms with E-state index in [0.29, 0.717) is 6.04 Å². The van der Waals surface area contributed by atoms with Crippen molar-refractivity contribution in [3.05, 3.63) is 78.9 Å². The lowest BCUT2D eigenvalue weighted by Crippen LogP contribution is -2.49. The molecular formula is C24H28N4. The van der Waals surface area contributed by atoms with Gasteiger partial charge in [0.15, 0.2) is 0 Å². The predicted octanol–water partition coefficient (Wildman–Crippen LogP) is 5.46. The fourth-order valence-corrected chi connectivity index (χ4v) is 4.01. The van der Waals surface area contributed by atoms with Crippen molar-refractivity contribution >= 4 is 28.4 Å². The van der Waals surface area contributed by atoms with Gasteiger partial charge in [-0.05, 0) is 49.7 Å². The molecule has 0 aliphatic carbocycles. The number of anilines is 5. The zero-order valence-corrected chi connectivity index (χ0v) is 16.5. The molecule has 4 heteroatoms. The van der Waals surface area contributed by atoms with E-state index in [2.05, 4.69) is 83.6 Å². The molecule has 4 nitrogen and oxygen atoms in total. The van der Waals surface area contributed by atoms with Gasteiger partial charge in [-0.1, -0.05) is 49.4 Å². The van der Waals surface area contributed by atoms with Gasteiger partial charge in [0.25, 0.3) is 0 Å². The van der Waals surface area contributed by atoms with Crippen molar-refractivity contribution in [1.82, 2.24) is 0 Å². The Labute approximate surface area is 167 Å². The Hall–Kier alpha value is -3.14. The Kier molecular flexibility index (Phi) is 5.11. The minimum absolute atomic E-state index is 0.161. The van der Waals surface area contributed by atoms with E-state index in [1.165, 1.54) is 17.1 Å². The third-order valence-corrected chi connectivity index (χ3v) is 5.57. The Balaban J connectivity index is 1.74. The van der Waals surface area contributed by atoms with Crippen molar-refractivity contribution < 1.29 is 0 Å². The van der Waals surface area contributed by atoms with Gasteiger partial charge in [0.05, 0.1) is 29.3 Å². The molecule has 0 saturated heterocycles. The van der Waals surface area contributed by atoms with Crippen LogP contribution in [-0.2, 0) is 0 Å². The number of fused-ring (bicyclic) bond motifs is 1. The Morgan fingerprint density at radius 2 is 1.54 bits per heavy atom. The number of hydrogen-bond acceptors (Lipinski definition) is 4. The normalized spacial score (nSPS) is 16.7. The van der Waals surface area contributed by atoms with Gasteiger partial charge in [-0.2, -0.15) is 0 Å². The molecule has 0 saturated carbocycles. The first-order valence-corrected chi connectivity index (χ1v) is 10.0. The molecule has 3 aromatic carbocycles. The Bertz CT molecular complexity index is 925. The number of nitrogens with two attached hydrogens (primary N) is 1. The molecule has 2 atom stereocenters. The topological polar surface area (TPSA) is 44.5 Å². The number of para-hydroxylation sites is 5. The number of benzene rings is 3. The molecule has 144 valence electrons. The van der Waals surface area contributed by atoms with Crippen LogP contribution in [-0.4, -0.2) is 18.8 Å². The quantitative estimate of drug-likeness (QED) is 0.564. The number of nitrogens with one attached hydrogen (secondary N) is 1. The lowest BCUT2D eigenvalue weighted by molar-refractivity contribution is 0.550. The van der Waals surface area contributed by atoms with E-state index in [9.17, 15) is 0 Å². The Morgan fingerprint density at radius 3 is 2.25 bits per heavy atom. The maximum absolute atomic E-state index is 6.17. The molecule has 0 amide bonds. The third-order valence-electron chi connectivity index (χ3n) is 5.57. The van der Waals surface area contributed by atoms with E-state index in [1.807, 2.05) is 24.3 Å². The van der Waals surface area contributed by atoms with Gasteiger partial charge < -0.3 is 20.9 Å². The van der Waals surface area contributed by atoms with Crippen LogP contribution in [0.2, 0.25) is 0 Å². The second-order valence-corrected chi connectivity index (χ2v) is 7.31. The summed E-state index contributed by atoms with van der Waals surface area (Å²) in [5.74, 6) is 0. The monoisotopic (exact) mass is 372 g/mol. The molecule has 0 spiro atoms. The summed E-state index contributed by atoms with van der Waals surface area (Å²) >= 11 is 0. The lowest BCUT2D eigenvalue weighted by Gasteiger charge is -2.37. The first kappa shape index (κ1) is 18.2. The fraction of sp³-hybridized carbons (Fsp3) is 0.250. The first-order valence-electron chi connectivity index (χ1n) is 10.0. The minimum Gasteiger partial charge on any atom is -0.397 e. The molecule has 0 radical (unpaired) electrons. The van der Waals surface area contributed by atoms with Crippen molar-refractivity contribution in [2.75, 3.05) is 27.4 Å². The van der Waals surface area contributed by atoms with Gasteiger partial charge in [-0.25, -0.2) is 0 Å². The lowest BCUT2D eigenvalue weighted by atomic mass is 10.2. The van der Waals surface area contributed by atoms with E-state index in [1.54, 1.807) is 0 Å². The second kappa shape index (κ2) is 7.85. The average Bonchev–Trinajstić information content (AvgIpc) is 3.07. The predicted molar refractivity (Wildman–Crippen MR) is 120 cm³/mol. The van der Waals surface area contributed by atoms with Crippen LogP contribution in [0, 0.1) is 0 Å². The molecular weight excluding hydrogens is 344 g/mol. The van der Waals surface area contributed by atoms with E-state index in [0.717, 1.165) is 24.3 Å². The fourth-order valence-electron chi connectivity index (χ4n) is 4.01. The third kappa shape index (κ3) is 3.26. The zero-order chi connectivity index (χ0) is 19.5. The van der Waals surface area contributed by atoms with Crippen LogP contribution in [0.4, 0.5) is 28.4 Å². The molecule has 1 heterocycles. The summed E-state index contributed by atoms with van der Waals surface area (Å²) in [5.41, 5.74) is 11.7. The second-order valence-electron chi connectivity index (χ2n) is 7.31. The average molecular weight is 373 g/mol. The van der Waals surface area contributed by atoms with E-state index < -0.39 is 0 Å². The van der Waals surface area contributed by atoms with Gasteiger partial charge in [-0.15, -0.1) is 0 Å². The highest BCUT2D eigenvalue weighted by molar-refractivity contribution is 5.84. The first-order chi connectivity index (χ1) is 13.7. The summed E-state index contributed by atoms with van der Waals surface area (Å²) in [6, 6.07) is 27.7. The van der Waals surface area contributed by atoms with Crippen LogP contribution in [0.1, 0.15) is 20.3 Å². The smallest absolute Gasteiger partial charge is 0.124 e. The summed E-state index contributed by atoms with van der Waals surface area (Å²) in [6.45, 7) is 5.31. The molecule has 3 aromatic rings. The minimum atomic E-state index is 0.161. The zero-order valence-electron chi connectivity index (χ0n) is 16.5. The molecule has 2 unspecified atom stereocenters. The van der Waals surface area contributed by atoms with E-state index in [4.69, 9.17) is 5.73 Å². The van der Waals surface area contributed by atoms with Crippen molar-refractivity contribution in [3.8, 4) is 0 Å². The largest absolute Gasteiger partial charge is 0.397 e. The highest BCUT2D eigenvalue weighted by atomic mass is 15.4. The summed E-state index contributed by atoms with van der Waals surface area (Å²) in [4.78, 5) is 4.97. The van der Waals surface area contributed by atoms with Crippen LogP contribution in [0.3, 0.4) is 0 Å². The van der Waals surface area contributed by atoms with Gasteiger partial charge in [0.2, 0.25) is 0 Å². The maximum Gasteiger partial charge on any atom is 0.124 e. The summed E-state index contributed by atoms with van der Waals surface area (Å²) in [5, 5.41) is 3.59. The molecule has 4 rings (SSSR count). The molecule has 28 heavy (non-hydrogen) atoms. The van der Waals surface area contributed by atoms with Crippen LogP contribution in [0.25, 0.3) is 0 Å². The highest BCUT2D eigenvalue weighted by Crippen LogP contribution is 2.45. The number of hydrogen-bond donors (Lipinski definition) is 2. The van der Waals surface area contributed by atoms with Crippen LogP contribution < -0.4 is 20.9 Å². The van der Waals surface area contributed by atoms with Crippen molar-refractivity contribution in [2.24, 2.45) is 0 Å². The van der Waals surface area contributed by atoms with Crippen molar-refractivity contribution in [2.45, 2.75) is 32.5 Å². The molecule has 3 N–H and O–H groups in total. The van der Waals surface area contributed by atoms with Crippen LogP contribution in [0.15, 0.2) is 78.9 Å².